The average molecular weight is 269 g/mol. The van der Waals surface area contributed by atoms with Gasteiger partial charge in [-0.25, -0.2) is 4.98 Å². The highest BCUT2D eigenvalue weighted by atomic mass is 16.5. The predicted octanol–water partition coefficient (Wildman–Crippen LogP) is 1.92. The molecule has 6 heteroatoms. The van der Waals surface area contributed by atoms with Crippen molar-refractivity contribution in [3.05, 3.63) is 47.7 Å². The van der Waals surface area contributed by atoms with Crippen molar-refractivity contribution in [2.24, 2.45) is 0 Å². The minimum Gasteiger partial charge on any atom is -0.504 e. The second-order valence-corrected chi connectivity index (χ2v) is 3.85. The molecule has 0 saturated carbocycles. The number of hydrogen-bond acceptors (Lipinski definition) is 5. The Morgan fingerprint density at radius 1 is 1.45 bits per heavy atom. The van der Waals surface area contributed by atoms with Crippen LogP contribution in [-0.4, -0.2) is 23.1 Å². The molecule has 20 heavy (non-hydrogen) atoms. The number of hydrogen-bond donors (Lipinski definition) is 2. The molecule has 0 bridgehead atoms. The summed E-state index contributed by atoms with van der Waals surface area (Å²) in [7, 11) is 1.39. The van der Waals surface area contributed by atoms with Crippen LogP contribution in [0.1, 0.15) is 15.9 Å². The minimum atomic E-state index is -0.446. The van der Waals surface area contributed by atoms with Gasteiger partial charge in [0.2, 0.25) is 0 Å². The number of nitriles is 1. The Morgan fingerprint density at radius 3 is 2.95 bits per heavy atom. The number of amides is 1. The molecule has 2 aromatic rings. The molecule has 0 atom stereocenters. The fourth-order valence-electron chi connectivity index (χ4n) is 1.59. The number of anilines is 1. The van der Waals surface area contributed by atoms with Crippen LogP contribution in [0.4, 0.5) is 5.82 Å². The standard InChI is InChI=1S/C14H11N3O3/c1-20-12-7-9(4-5-11(12)18)14(19)17-13-10(8-15)3-2-6-16-13/h2-7,18H,1H3,(H,16,17,19). The zero-order valence-corrected chi connectivity index (χ0v) is 10.6. The summed E-state index contributed by atoms with van der Waals surface area (Å²) in [5, 5.41) is 20.9. The van der Waals surface area contributed by atoms with Crippen molar-refractivity contribution < 1.29 is 14.6 Å². The van der Waals surface area contributed by atoms with Gasteiger partial charge in [0.05, 0.1) is 12.7 Å². The van der Waals surface area contributed by atoms with Gasteiger partial charge in [0.15, 0.2) is 17.3 Å². The molecular formula is C14H11N3O3. The molecule has 0 unspecified atom stereocenters. The maximum absolute atomic E-state index is 12.1. The number of phenols is 1. The van der Waals surface area contributed by atoms with Crippen LogP contribution >= 0.6 is 0 Å². The molecule has 0 aliphatic heterocycles. The summed E-state index contributed by atoms with van der Waals surface area (Å²) >= 11 is 0. The summed E-state index contributed by atoms with van der Waals surface area (Å²) in [6.07, 6.45) is 1.48. The van der Waals surface area contributed by atoms with Crippen molar-refractivity contribution >= 4 is 11.7 Å². The lowest BCUT2D eigenvalue weighted by Crippen LogP contribution is -2.14. The van der Waals surface area contributed by atoms with E-state index in [1.807, 2.05) is 6.07 Å². The second-order valence-electron chi connectivity index (χ2n) is 3.85. The van der Waals surface area contributed by atoms with Gasteiger partial charge >= 0.3 is 0 Å². The van der Waals surface area contributed by atoms with Gasteiger partial charge in [-0.05, 0) is 30.3 Å². The first-order chi connectivity index (χ1) is 9.65. The first kappa shape index (κ1) is 13.4. The van der Waals surface area contributed by atoms with Crippen LogP contribution in [0.2, 0.25) is 0 Å². The Balaban J connectivity index is 2.27. The number of aromatic nitrogens is 1. The van der Waals surface area contributed by atoms with Gasteiger partial charge in [0, 0.05) is 11.8 Å². The average Bonchev–Trinajstić information content (AvgIpc) is 2.48. The van der Waals surface area contributed by atoms with Gasteiger partial charge in [-0.15, -0.1) is 0 Å². The Hall–Kier alpha value is -3.07. The maximum atomic E-state index is 12.1. The van der Waals surface area contributed by atoms with E-state index in [1.165, 1.54) is 31.5 Å². The van der Waals surface area contributed by atoms with E-state index in [0.717, 1.165) is 0 Å². The van der Waals surface area contributed by atoms with Crippen LogP contribution in [0.15, 0.2) is 36.5 Å². The van der Waals surface area contributed by atoms with E-state index in [0.29, 0.717) is 0 Å². The van der Waals surface area contributed by atoms with Gasteiger partial charge in [-0.2, -0.15) is 5.26 Å². The minimum absolute atomic E-state index is 0.0559. The topological polar surface area (TPSA) is 95.2 Å². The first-order valence-electron chi connectivity index (χ1n) is 5.69. The van der Waals surface area contributed by atoms with Crippen LogP contribution in [0, 0.1) is 11.3 Å². The number of carbonyl (C=O) groups excluding carboxylic acids is 1. The normalized spacial score (nSPS) is 9.60. The molecule has 100 valence electrons. The highest BCUT2D eigenvalue weighted by Gasteiger charge is 2.12. The Kier molecular flexibility index (Phi) is 3.82. The van der Waals surface area contributed by atoms with Gasteiger partial charge in [-0.1, -0.05) is 0 Å². The summed E-state index contributed by atoms with van der Waals surface area (Å²) in [5.41, 5.74) is 0.556. The first-order valence-corrected chi connectivity index (χ1v) is 5.69. The smallest absolute Gasteiger partial charge is 0.256 e. The number of carbonyl (C=O) groups is 1. The summed E-state index contributed by atoms with van der Waals surface area (Å²) in [6.45, 7) is 0. The number of nitrogens with zero attached hydrogens (tertiary/aromatic N) is 2. The lowest BCUT2D eigenvalue weighted by atomic mass is 10.2. The number of benzene rings is 1. The second kappa shape index (κ2) is 5.71. The Morgan fingerprint density at radius 2 is 2.25 bits per heavy atom. The number of methoxy groups -OCH3 is 1. The van der Waals surface area contributed by atoms with E-state index < -0.39 is 5.91 Å². The number of nitrogens with one attached hydrogen (secondary N) is 1. The van der Waals surface area contributed by atoms with E-state index in [1.54, 1.807) is 12.1 Å². The summed E-state index contributed by atoms with van der Waals surface area (Å²) < 4.78 is 4.93. The lowest BCUT2D eigenvalue weighted by molar-refractivity contribution is 0.102. The quantitative estimate of drug-likeness (QED) is 0.887. The molecule has 0 spiro atoms. The molecule has 1 heterocycles. The van der Waals surface area contributed by atoms with Crippen LogP contribution in [0.3, 0.4) is 0 Å². The van der Waals surface area contributed by atoms with Gasteiger partial charge < -0.3 is 15.2 Å². The maximum Gasteiger partial charge on any atom is 0.256 e. The fourth-order valence-corrected chi connectivity index (χ4v) is 1.59. The van der Waals surface area contributed by atoms with Crippen molar-refractivity contribution in [2.75, 3.05) is 12.4 Å². The van der Waals surface area contributed by atoms with E-state index in [2.05, 4.69) is 10.3 Å². The van der Waals surface area contributed by atoms with E-state index >= 15 is 0 Å². The van der Waals surface area contributed by atoms with Crippen LogP contribution < -0.4 is 10.1 Å². The molecule has 0 radical (unpaired) electrons. The van der Waals surface area contributed by atoms with Crippen molar-refractivity contribution in [2.45, 2.75) is 0 Å². The predicted molar refractivity (Wildman–Crippen MR) is 71.6 cm³/mol. The number of ether oxygens (including phenoxy) is 1. The zero-order chi connectivity index (χ0) is 14.5. The summed E-state index contributed by atoms with van der Waals surface area (Å²) in [6, 6.07) is 9.31. The molecule has 0 fully saturated rings. The third kappa shape index (κ3) is 2.67. The molecular weight excluding hydrogens is 258 g/mol. The van der Waals surface area contributed by atoms with Gasteiger partial charge in [0.25, 0.3) is 5.91 Å². The Labute approximate surface area is 115 Å². The van der Waals surface area contributed by atoms with Crippen LogP contribution in [0.25, 0.3) is 0 Å². The van der Waals surface area contributed by atoms with Gasteiger partial charge in [-0.3, -0.25) is 4.79 Å². The van der Waals surface area contributed by atoms with Crippen molar-refractivity contribution in [3.63, 3.8) is 0 Å². The SMILES string of the molecule is COc1cc(C(=O)Nc2ncccc2C#N)ccc1O. The van der Waals surface area contributed by atoms with E-state index in [9.17, 15) is 9.90 Å². The third-order valence-corrected chi connectivity index (χ3v) is 2.60. The Bertz CT molecular complexity index is 692. The molecule has 2 N–H and O–H groups in total. The largest absolute Gasteiger partial charge is 0.504 e. The molecule has 0 saturated heterocycles. The molecule has 1 aromatic heterocycles. The third-order valence-electron chi connectivity index (χ3n) is 2.60. The molecule has 0 aliphatic rings. The number of rotatable bonds is 3. The number of pyridine rings is 1. The molecule has 6 nitrogen and oxygen atoms in total. The zero-order valence-electron chi connectivity index (χ0n) is 10.6. The lowest BCUT2D eigenvalue weighted by Gasteiger charge is -2.08. The fraction of sp³-hybridized carbons (Fsp3) is 0.0714. The van der Waals surface area contributed by atoms with Crippen molar-refractivity contribution in [1.82, 2.24) is 4.98 Å². The van der Waals surface area contributed by atoms with E-state index in [4.69, 9.17) is 10.00 Å². The van der Waals surface area contributed by atoms with Crippen molar-refractivity contribution in [3.8, 4) is 17.6 Å². The highest BCUT2D eigenvalue weighted by molar-refractivity contribution is 6.04. The number of aromatic hydroxyl groups is 1. The van der Waals surface area contributed by atoms with Crippen LogP contribution in [0.5, 0.6) is 11.5 Å². The molecule has 1 aromatic carbocycles. The summed E-state index contributed by atoms with van der Waals surface area (Å²) in [4.78, 5) is 16.0. The molecule has 1 amide bonds. The van der Waals surface area contributed by atoms with Crippen molar-refractivity contribution in [1.29, 1.82) is 5.26 Å². The van der Waals surface area contributed by atoms with Gasteiger partial charge in [0.1, 0.15) is 6.07 Å². The molecule has 0 aliphatic carbocycles. The monoisotopic (exact) mass is 269 g/mol. The number of phenolic OH excluding ortho intramolecular Hbond substituents is 1. The highest BCUT2D eigenvalue weighted by Crippen LogP contribution is 2.26. The van der Waals surface area contributed by atoms with E-state index in [-0.39, 0.29) is 28.4 Å². The van der Waals surface area contributed by atoms with Crippen LogP contribution in [-0.2, 0) is 0 Å². The summed E-state index contributed by atoms with van der Waals surface area (Å²) in [5.74, 6) is -0.121. The molecule has 2 rings (SSSR count).